The maximum absolute atomic E-state index is 6.44. The van der Waals surface area contributed by atoms with E-state index in [0.29, 0.717) is 5.89 Å². The van der Waals surface area contributed by atoms with Crippen molar-refractivity contribution in [3.8, 4) is 11.5 Å². The van der Waals surface area contributed by atoms with E-state index in [2.05, 4.69) is 77.7 Å². The molecule has 0 bridgehead atoms. The monoisotopic (exact) mass is 592 g/mol. The van der Waals surface area contributed by atoms with Crippen molar-refractivity contribution in [1.82, 2.24) is 4.98 Å². The fraction of sp³-hybridized carbons (Fsp3) is 0. The lowest BCUT2D eigenvalue weighted by atomic mass is 10.0. The summed E-state index contributed by atoms with van der Waals surface area (Å²) in [5.41, 5.74) is 8.76. The zero-order valence-corrected chi connectivity index (χ0v) is 24.5. The van der Waals surface area contributed by atoms with Gasteiger partial charge in [-0.05, 0) is 54.6 Å². The second-order valence-electron chi connectivity index (χ2n) is 11.6. The Hall–Kier alpha value is -6.33. The lowest BCUT2D eigenvalue weighted by Gasteiger charge is -2.26. The molecule has 5 nitrogen and oxygen atoms in total. The first kappa shape index (κ1) is 25.0. The van der Waals surface area contributed by atoms with Crippen LogP contribution in [0.2, 0.25) is 0 Å². The number of furan rings is 2. The Bertz CT molecular complexity index is 2660. The second kappa shape index (κ2) is 9.58. The van der Waals surface area contributed by atoms with Crippen LogP contribution in [0.1, 0.15) is 0 Å². The van der Waals surface area contributed by atoms with Crippen LogP contribution in [0.15, 0.2) is 159 Å². The molecule has 3 heterocycles. The summed E-state index contributed by atoms with van der Waals surface area (Å²) in [6.07, 6.45) is 0. The van der Waals surface area contributed by atoms with Gasteiger partial charge in [-0.2, -0.15) is 0 Å². The van der Waals surface area contributed by atoms with Crippen LogP contribution in [0.25, 0.3) is 77.2 Å². The van der Waals surface area contributed by atoms with Crippen molar-refractivity contribution in [3.63, 3.8) is 0 Å². The van der Waals surface area contributed by atoms with Gasteiger partial charge in [0.05, 0.1) is 5.69 Å². The van der Waals surface area contributed by atoms with Gasteiger partial charge in [0.25, 0.3) is 0 Å². The van der Waals surface area contributed by atoms with Crippen LogP contribution in [-0.4, -0.2) is 4.98 Å². The van der Waals surface area contributed by atoms with E-state index in [4.69, 9.17) is 18.2 Å². The van der Waals surface area contributed by atoms with E-state index in [9.17, 15) is 0 Å². The van der Waals surface area contributed by atoms with Gasteiger partial charge in [0.15, 0.2) is 5.58 Å². The zero-order valence-electron chi connectivity index (χ0n) is 24.5. The van der Waals surface area contributed by atoms with Crippen LogP contribution in [0.4, 0.5) is 17.1 Å². The number of oxazole rings is 1. The van der Waals surface area contributed by atoms with E-state index in [-0.39, 0.29) is 0 Å². The molecule has 5 heteroatoms. The first-order chi connectivity index (χ1) is 22.8. The topological polar surface area (TPSA) is 55.6 Å². The summed E-state index contributed by atoms with van der Waals surface area (Å²) in [4.78, 5) is 7.25. The van der Waals surface area contributed by atoms with Crippen LogP contribution in [-0.2, 0) is 0 Å². The molecule has 3 aromatic heterocycles. The standard InChI is InChI=1S/C41H24N2O3/c1-2-10-25(11-3-1)41-42-34-24-35(28-12-4-5-15-33(28)40(34)46-41)43(26-18-20-31-29-13-6-8-16-36(29)44-38(31)22-26)27-19-21-32-30-14-7-9-17-37(30)45-39(32)23-27/h1-24H. The minimum atomic E-state index is 0.594. The fourth-order valence-electron chi connectivity index (χ4n) is 6.76. The van der Waals surface area contributed by atoms with Gasteiger partial charge < -0.3 is 18.2 Å². The van der Waals surface area contributed by atoms with Crippen molar-refractivity contribution in [2.24, 2.45) is 0 Å². The van der Waals surface area contributed by atoms with Gasteiger partial charge in [0.1, 0.15) is 27.8 Å². The minimum Gasteiger partial charge on any atom is -0.456 e. The number of hydrogen-bond donors (Lipinski definition) is 0. The molecule has 46 heavy (non-hydrogen) atoms. The van der Waals surface area contributed by atoms with E-state index in [0.717, 1.165) is 88.4 Å². The molecule has 0 radical (unpaired) electrons. The molecule has 0 amide bonds. The number of nitrogens with zero attached hydrogens (tertiary/aromatic N) is 2. The summed E-state index contributed by atoms with van der Waals surface area (Å²) >= 11 is 0. The van der Waals surface area contributed by atoms with Crippen molar-refractivity contribution >= 4 is 82.8 Å². The van der Waals surface area contributed by atoms with Gasteiger partial charge in [-0.25, -0.2) is 4.98 Å². The lowest BCUT2D eigenvalue weighted by Crippen LogP contribution is -2.10. The molecule has 0 saturated heterocycles. The molecule has 0 fully saturated rings. The Labute approximate surface area is 262 Å². The molecule has 0 aliphatic rings. The van der Waals surface area contributed by atoms with Crippen LogP contribution in [0.3, 0.4) is 0 Å². The first-order valence-corrected chi connectivity index (χ1v) is 15.3. The number of para-hydroxylation sites is 2. The maximum Gasteiger partial charge on any atom is 0.227 e. The van der Waals surface area contributed by atoms with E-state index in [1.807, 2.05) is 72.8 Å². The molecule has 0 saturated carbocycles. The predicted molar refractivity (Wildman–Crippen MR) is 186 cm³/mol. The van der Waals surface area contributed by atoms with Crippen LogP contribution in [0, 0.1) is 0 Å². The Kier molecular flexibility index (Phi) is 5.22. The molecule has 0 aliphatic carbocycles. The Morgan fingerprint density at radius 3 is 1.57 bits per heavy atom. The number of aromatic nitrogens is 1. The van der Waals surface area contributed by atoms with E-state index >= 15 is 0 Å². The van der Waals surface area contributed by atoms with E-state index < -0.39 is 0 Å². The summed E-state index contributed by atoms with van der Waals surface area (Å²) in [7, 11) is 0. The maximum atomic E-state index is 6.44. The highest BCUT2D eigenvalue weighted by atomic mass is 16.3. The van der Waals surface area contributed by atoms with Crippen LogP contribution in [0.5, 0.6) is 0 Å². The van der Waals surface area contributed by atoms with Crippen molar-refractivity contribution in [2.75, 3.05) is 4.90 Å². The highest BCUT2D eigenvalue weighted by Crippen LogP contribution is 2.45. The number of anilines is 3. The van der Waals surface area contributed by atoms with Crippen LogP contribution >= 0.6 is 0 Å². The zero-order chi connectivity index (χ0) is 30.2. The molecular weight excluding hydrogens is 568 g/mol. The molecule has 216 valence electrons. The van der Waals surface area contributed by atoms with Crippen molar-refractivity contribution in [2.45, 2.75) is 0 Å². The smallest absolute Gasteiger partial charge is 0.227 e. The molecule has 0 atom stereocenters. The number of benzene rings is 7. The summed E-state index contributed by atoms with van der Waals surface area (Å²) in [6.45, 7) is 0. The summed E-state index contributed by atoms with van der Waals surface area (Å²) in [5, 5.41) is 6.39. The SMILES string of the molecule is c1ccc(-c2nc3cc(N(c4ccc5c(c4)oc4ccccc45)c4ccc5c(c4)oc4ccccc45)c4ccccc4c3o2)cc1. The summed E-state index contributed by atoms with van der Waals surface area (Å²) in [6, 6.07) is 49.7. The van der Waals surface area contributed by atoms with E-state index in [1.54, 1.807) is 0 Å². The van der Waals surface area contributed by atoms with Crippen molar-refractivity contribution in [3.05, 3.63) is 146 Å². The van der Waals surface area contributed by atoms with Crippen LogP contribution < -0.4 is 4.90 Å². The minimum absolute atomic E-state index is 0.594. The molecule has 0 N–H and O–H groups in total. The number of hydrogen-bond acceptors (Lipinski definition) is 5. The van der Waals surface area contributed by atoms with Gasteiger partial charge in [0.2, 0.25) is 5.89 Å². The second-order valence-corrected chi connectivity index (χ2v) is 11.6. The largest absolute Gasteiger partial charge is 0.456 e. The third-order valence-corrected chi connectivity index (χ3v) is 8.88. The lowest BCUT2D eigenvalue weighted by molar-refractivity contribution is 0.623. The Morgan fingerprint density at radius 1 is 0.413 bits per heavy atom. The molecule has 0 spiro atoms. The quantitative estimate of drug-likeness (QED) is 0.203. The highest BCUT2D eigenvalue weighted by molar-refractivity contribution is 6.13. The average Bonchev–Trinajstić information content (AvgIpc) is 3.82. The number of rotatable bonds is 4. The summed E-state index contributed by atoms with van der Waals surface area (Å²) in [5.74, 6) is 0.594. The normalized spacial score (nSPS) is 11.9. The first-order valence-electron chi connectivity index (χ1n) is 15.3. The highest BCUT2D eigenvalue weighted by Gasteiger charge is 2.22. The number of fused-ring (bicyclic) bond motifs is 9. The fourth-order valence-corrected chi connectivity index (χ4v) is 6.76. The van der Waals surface area contributed by atoms with E-state index in [1.165, 1.54) is 0 Å². The Morgan fingerprint density at radius 2 is 0.935 bits per heavy atom. The van der Waals surface area contributed by atoms with Gasteiger partial charge in [-0.15, -0.1) is 0 Å². The molecule has 0 aliphatic heterocycles. The third-order valence-electron chi connectivity index (χ3n) is 8.88. The molecule has 0 unspecified atom stereocenters. The van der Waals surface area contributed by atoms with Gasteiger partial charge >= 0.3 is 0 Å². The Balaban J connectivity index is 1.26. The van der Waals surface area contributed by atoms with Gasteiger partial charge in [-0.1, -0.05) is 78.9 Å². The van der Waals surface area contributed by atoms with Gasteiger partial charge in [-0.3, -0.25) is 0 Å². The van der Waals surface area contributed by atoms with Gasteiger partial charge in [0, 0.05) is 61.4 Å². The molecule has 7 aromatic carbocycles. The summed E-state index contributed by atoms with van der Waals surface area (Å²) < 4.78 is 19.2. The van der Waals surface area contributed by atoms with Crippen molar-refractivity contribution in [1.29, 1.82) is 0 Å². The third kappa shape index (κ3) is 3.72. The van der Waals surface area contributed by atoms with Crippen molar-refractivity contribution < 1.29 is 13.3 Å². The average molecular weight is 593 g/mol. The molecular formula is C41H24N2O3. The predicted octanol–water partition coefficient (Wildman–Crippen LogP) is 11.9. The molecule has 10 rings (SSSR count). The molecule has 10 aromatic rings.